The number of hydrogen-bond acceptors (Lipinski definition) is 6. The molecule has 0 fully saturated rings. The van der Waals surface area contributed by atoms with E-state index < -0.39 is 20.0 Å². The molecule has 0 radical (unpaired) electrons. The van der Waals surface area contributed by atoms with Crippen molar-refractivity contribution >= 4 is 19.7 Å². The minimum Gasteiger partial charge on any atom is -0.456 e. The van der Waals surface area contributed by atoms with Gasteiger partial charge in [-0.2, -0.15) is 0 Å². The summed E-state index contributed by atoms with van der Waals surface area (Å²) < 4.78 is 30.6. The van der Waals surface area contributed by atoms with Crippen molar-refractivity contribution in [3.8, 4) is 0 Å². The number of ether oxygens (including phenoxy) is 1. The summed E-state index contributed by atoms with van der Waals surface area (Å²) in [5.41, 5.74) is 0. The topological polar surface area (TPSA) is 111 Å². The van der Waals surface area contributed by atoms with Crippen LogP contribution in [-0.4, -0.2) is 74.3 Å². The maximum absolute atomic E-state index is 13.5. The van der Waals surface area contributed by atoms with E-state index in [2.05, 4.69) is 74.7 Å². The van der Waals surface area contributed by atoms with E-state index in [9.17, 15) is 19.0 Å². The first-order valence-electron chi connectivity index (χ1n) is 28.6. The Hall–Kier alpha value is -2.29. The molecular weight excluding hydrogens is 880 g/mol. The Morgan fingerprint density at radius 2 is 0.928 bits per heavy atom. The molecule has 0 aromatic heterocycles. The second-order valence-corrected chi connectivity index (χ2v) is 21.9. The number of allylic oxidation sites excluding steroid dienone is 9. The Morgan fingerprint density at radius 1 is 0.522 bits per heavy atom. The molecule has 0 aliphatic rings. The number of rotatable bonds is 51. The van der Waals surface area contributed by atoms with Crippen molar-refractivity contribution in [2.45, 2.75) is 264 Å². The quantitative estimate of drug-likeness (QED) is 0.0205. The first kappa shape index (κ1) is 66.7. The van der Waals surface area contributed by atoms with Crippen LogP contribution >= 0.6 is 7.82 Å². The molecule has 0 aliphatic carbocycles. The van der Waals surface area contributed by atoms with Crippen molar-refractivity contribution in [2.75, 3.05) is 40.9 Å². The summed E-state index contributed by atoms with van der Waals surface area (Å²) in [5.74, 6) is -0.537. The molecule has 0 heterocycles. The molecule has 0 aromatic carbocycles. The van der Waals surface area contributed by atoms with Gasteiger partial charge in [-0.3, -0.25) is 18.6 Å². The van der Waals surface area contributed by atoms with Gasteiger partial charge in [0.25, 0.3) is 0 Å². The smallest absolute Gasteiger partial charge is 0.456 e. The Labute approximate surface area is 426 Å². The minimum absolute atomic E-state index is 0.0334. The lowest BCUT2D eigenvalue weighted by Gasteiger charge is -2.27. The van der Waals surface area contributed by atoms with Gasteiger partial charge in [0.1, 0.15) is 19.3 Å². The average Bonchev–Trinajstić information content (AvgIpc) is 3.31. The second-order valence-electron chi connectivity index (χ2n) is 20.4. The fourth-order valence-electron chi connectivity index (χ4n) is 8.05. The molecule has 0 bridgehead atoms. The highest BCUT2D eigenvalue weighted by molar-refractivity contribution is 7.47. The Morgan fingerprint density at radius 3 is 1.41 bits per heavy atom. The van der Waals surface area contributed by atoms with E-state index in [1.165, 1.54) is 128 Å². The molecule has 0 saturated carbocycles. The number of likely N-dealkylation sites (N-methyl/N-ethyl adjacent to an activating group) is 1. The fourth-order valence-corrected chi connectivity index (χ4v) is 8.78. The largest absolute Gasteiger partial charge is 0.472 e. The Kier molecular flexibility index (Phi) is 47.7. The normalized spacial score (nSPS) is 14.2. The maximum Gasteiger partial charge on any atom is 0.472 e. The molecule has 3 unspecified atom stereocenters. The molecular formula is C59H110N2O7P+. The summed E-state index contributed by atoms with van der Waals surface area (Å²) in [6.45, 7) is 6.87. The molecule has 0 aliphatic heterocycles. The molecule has 2 N–H and O–H groups in total. The maximum atomic E-state index is 13.5. The highest BCUT2D eigenvalue weighted by Gasteiger charge is 2.30. The lowest BCUT2D eigenvalue weighted by molar-refractivity contribution is -0.870. The molecule has 0 aromatic rings. The van der Waals surface area contributed by atoms with Crippen LogP contribution in [0.1, 0.15) is 252 Å². The molecule has 402 valence electrons. The molecule has 9 nitrogen and oxygen atoms in total. The zero-order valence-corrected chi connectivity index (χ0v) is 46.7. The van der Waals surface area contributed by atoms with Gasteiger partial charge in [0.15, 0.2) is 0 Å². The predicted octanol–water partition coefficient (Wildman–Crippen LogP) is 17.1. The molecule has 69 heavy (non-hydrogen) atoms. The number of quaternary nitrogens is 1. The first-order chi connectivity index (χ1) is 33.4. The van der Waals surface area contributed by atoms with Crippen LogP contribution in [0.3, 0.4) is 0 Å². The lowest BCUT2D eigenvalue weighted by Crippen LogP contribution is -2.47. The molecule has 1 amide bonds. The molecule has 0 spiro atoms. The van der Waals surface area contributed by atoms with Crippen molar-refractivity contribution in [3.05, 3.63) is 60.8 Å². The third-order valence-electron chi connectivity index (χ3n) is 12.5. The first-order valence-corrected chi connectivity index (χ1v) is 30.1. The molecule has 10 heteroatoms. The number of nitrogens with one attached hydrogen (secondary N) is 1. The summed E-state index contributed by atoms with van der Waals surface area (Å²) in [6, 6.07) is -0.863. The number of esters is 1. The number of phosphoric ester groups is 1. The summed E-state index contributed by atoms with van der Waals surface area (Å²) in [6.07, 6.45) is 60.7. The molecule has 0 saturated heterocycles. The van der Waals surface area contributed by atoms with Crippen LogP contribution in [0.4, 0.5) is 0 Å². The number of carbonyl (C=O) groups excluding carboxylic acids is 2. The van der Waals surface area contributed by atoms with Crippen LogP contribution in [0.5, 0.6) is 0 Å². The van der Waals surface area contributed by atoms with Crippen LogP contribution in [0, 0.1) is 0 Å². The van der Waals surface area contributed by atoms with Crippen molar-refractivity contribution in [1.29, 1.82) is 0 Å². The van der Waals surface area contributed by atoms with E-state index in [0.717, 1.165) is 83.5 Å². The predicted molar refractivity (Wildman–Crippen MR) is 295 cm³/mol. The number of amides is 1. The van der Waals surface area contributed by atoms with E-state index in [-0.39, 0.29) is 31.5 Å². The van der Waals surface area contributed by atoms with Crippen LogP contribution < -0.4 is 5.32 Å². The minimum atomic E-state index is -4.45. The van der Waals surface area contributed by atoms with Gasteiger partial charge >= 0.3 is 13.8 Å². The van der Waals surface area contributed by atoms with Gasteiger partial charge in [-0.25, -0.2) is 4.57 Å². The van der Waals surface area contributed by atoms with Crippen molar-refractivity contribution < 1.29 is 37.3 Å². The zero-order valence-electron chi connectivity index (χ0n) is 45.8. The van der Waals surface area contributed by atoms with Gasteiger partial charge in [-0.05, 0) is 70.3 Å². The molecule has 3 atom stereocenters. The van der Waals surface area contributed by atoms with Gasteiger partial charge in [-0.1, -0.05) is 230 Å². The van der Waals surface area contributed by atoms with Gasteiger partial charge in [0, 0.05) is 12.8 Å². The monoisotopic (exact) mass is 990 g/mol. The molecule has 0 rings (SSSR count). The van der Waals surface area contributed by atoms with Crippen molar-refractivity contribution in [1.82, 2.24) is 5.32 Å². The fraction of sp³-hybridized carbons (Fsp3) is 0.797. The number of phosphoric acid groups is 1. The van der Waals surface area contributed by atoms with Crippen LogP contribution in [0.15, 0.2) is 60.8 Å². The summed E-state index contributed by atoms with van der Waals surface area (Å²) >= 11 is 0. The highest BCUT2D eigenvalue weighted by Crippen LogP contribution is 2.43. The van der Waals surface area contributed by atoms with E-state index in [1.54, 1.807) is 0 Å². The van der Waals surface area contributed by atoms with E-state index in [1.807, 2.05) is 33.3 Å². The van der Waals surface area contributed by atoms with E-state index in [0.29, 0.717) is 23.9 Å². The summed E-state index contributed by atoms with van der Waals surface area (Å²) in [4.78, 5) is 37.6. The number of unbranched alkanes of at least 4 members (excludes halogenated alkanes) is 27. The number of hydrogen-bond donors (Lipinski definition) is 2. The SMILES string of the molecule is CC/C=C/C/C=C/C/C=C/C/C=C/CCCCCC(=O)NC(COP(=O)(O)OCC[N+](C)(C)C)C(/C=C/CCCCCCCCCCCC)OC(=O)CCCCCCCCCCCCCCCCC. The standard InChI is InChI=1S/C59H109N2O7P/c1-7-10-13-16-19-22-25-28-30-32-33-36-39-42-45-48-51-58(62)60-56(55-67-69(64,65)66-54-53-61(4,5)6)57(50-47-44-41-38-35-27-24-21-18-15-12-9-3)68-59(63)52-49-46-43-40-37-34-31-29-26-23-20-17-14-11-8-2/h10,13,19,22,28,30,33,36,47,50,56-57H,7-9,11-12,14-18,20-21,23-27,29,31-32,34-35,37-46,48-49,51-55H2,1-6H3,(H-,60,62,64,65)/p+1/b13-10+,22-19+,30-28+,36-33+,50-47+. The zero-order chi connectivity index (χ0) is 50.8. The third-order valence-corrected chi connectivity index (χ3v) is 13.5. The van der Waals surface area contributed by atoms with Gasteiger partial charge < -0.3 is 19.4 Å². The van der Waals surface area contributed by atoms with Crippen molar-refractivity contribution in [2.24, 2.45) is 0 Å². The summed E-state index contributed by atoms with van der Waals surface area (Å²) in [7, 11) is 1.47. The van der Waals surface area contributed by atoms with E-state index >= 15 is 0 Å². The average molecular weight is 991 g/mol. The second kappa shape index (κ2) is 49.3. The number of nitrogens with zero attached hydrogens (tertiary/aromatic N) is 1. The summed E-state index contributed by atoms with van der Waals surface area (Å²) in [5, 5.41) is 3.03. The van der Waals surface area contributed by atoms with E-state index in [4.69, 9.17) is 13.8 Å². The van der Waals surface area contributed by atoms with Crippen LogP contribution in [0.2, 0.25) is 0 Å². The van der Waals surface area contributed by atoms with Gasteiger partial charge in [-0.15, -0.1) is 0 Å². The lowest BCUT2D eigenvalue weighted by atomic mass is 10.0. The Bertz CT molecular complexity index is 1370. The number of carbonyl (C=O) groups is 2. The third kappa shape index (κ3) is 50.4. The highest BCUT2D eigenvalue weighted by atomic mass is 31.2. The van der Waals surface area contributed by atoms with Crippen LogP contribution in [-0.2, 0) is 27.9 Å². The van der Waals surface area contributed by atoms with Gasteiger partial charge in [0.2, 0.25) is 5.91 Å². The van der Waals surface area contributed by atoms with Gasteiger partial charge in [0.05, 0.1) is 33.8 Å². The van der Waals surface area contributed by atoms with Crippen LogP contribution in [0.25, 0.3) is 0 Å². The van der Waals surface area contributed by atoms with Crippen molar-refractivity contribution in [3.63, 3.8) is 0 Å². The Balaban J connectivity index is 5.40.